The van der Waals surface area contributed by atoms with E-state index in [1.807, 2.05) is 0 Å². The summed E-state index contributed by atoms with van der Waals surface area (Å²) in [5.74, 6) is 0.226. The Hall–Kier alpha value is -0.570. The van der Waals surface area contributed by atoms with Gasteiger partial charge in [0.25, 0.3) is 0 Å². The summed E-state index contributed by atoms with van der Waals surface area (Å²) in [6.45, 7) is 2.99. The zero-order chi connectivity index (χ0) is 7.03. The van der Waals surface area contributed by atoms with Gasteiger partial charge in [0, 0.05) is 24.9 Å². The average molecular weight is 140 g/mol. The minimum atomic E-state index is 0.226. The largest absolute Gasteiger partial charge is 0.355 e. The van der Waals surface area contributed by atoms with E-state index in [2.05, 4.69) is 10.6 Å². The van der Waals surface area contributed by atoms with Crippen LogP contribution < -0.4 is 10.6 Å². The Morgan fingerprint density at radius 1 is 1.40 bits per heavy atom. The lowest BCUT2D eigenvalue weighted by Gasteiger charge is -2.17. The second-order valence-electron chi connectivity index (χ2n) is 3.38. The Balaban J connectivity index is 2.09. The van der Waals surface area contributed by atoms with Crippen LogP contribution in [0, 0.1) is 5.41 Å². The van der Waals surface area contributed by atoms with Crippen LogP contribution >= 0.6 is 0 Å². The molecular formula is C7H12N2O. The van der Waals surface area contributed by atoms with Crippen LogP contribution in [0.25, 0.3) is 0 Å². The van der Waals surface area contributed by atoms with E-state index in [0.29, 0.717) is 0 Å². The number of carbonyl (C=O) groups excluding carboxylic acids is 1. The van der Waals surface area contributed by atoms with E-state index in [9.17, 15) is 4.79 Å². The lowest BCUT2D eigenvalue weighted by molar-refractivity contribution is -0.119. The zero-order valence-corrected chi connectivity index (χ0v) is 5.94. The molecule has 0 aromatic rings. The van der Waals surface area contributed by atoms with Gasteiger partial charge in [-0.15, -0.1) is 0 Å². The molecule has 0 radical (unpaired) electrons. The second-order valence-corrected chi connectivity index (χ2v) is 3.38. The first-order valence-corrected chi connectivity index (χ1v) is 3.78. The summed E-state index contributed by atoms with van der Waals surface area (Å²) in [5.41, 5.74) is 0.289. The molecular weight excluding hydrogens is 128 g/mol. The Bertz CT molecular complexity index is 161. The standard InChI is InChI=1S/C7H12N2O/c10-6-3-7(5-9-6)1-2-8-4-7/h8H,1-5H2,(H,9,10)/t7-/m1/s1. The third-order valence-electron chi connectivity index (χ3n) is 2.53. The average Bonchev–Trinajstić information content (AvgIpc) is 2.46. The third kappa shape index (κ3) is 0.814. The van der Waals surface area contributed by atoms with Crippen LogP contribution in [0.2, 0.25) is 0 Å². The van der Waals surface area contributed by atoms with E-state index in [1.165, 1.54) is 0 Å². The molecule has 1 amide bonds. The fraction of sp³-hybridized carbons (Fsp3) is 0.857. The zero-order valence-electron chi connectivity index (χ0n) is 5.94. The summed E-state index contributed by atoms with van der Waals surface area (Å²) in [6.07, 6.45) is 1.89. The lowest BCUT2D eigenvalue weighted by atomic mass is 9.86. The fourth-order valence-corrected chi connectivity index (χ4v) is 1.85. The maximum Gasteiger partial charge on any atom is 0.220 e. The van der Waals surface area contributed by atoms with Gasteiger partial charge >= 0.3 is 0 Å². The number of carbonyl (C=O) groups is 1. The van der Waals surface area contributed by atoms with Crippen molar-refractivity contribution in [3.8, 4) is 0 Å². The minimum Gasteiger partial charge on any atom is -0.355 e. The van der Waals surface area contributed by atoms with Crippen molar-refractivity contribution in [1.29, 1.82) is 0 Å². The summed E-state index contributed by atoms with van der Waals surface area (Å²) in [7, 11) is 0. The topological polar surface area (TPSA) is 41.1 Å². The third-order valence-corrected chi connectivity index (χ3v) is 2.53. The summed E-state index contributed by atoms with van der Waals surface area (Å²) in [6, 6.07) is 0. The van der Waals surface area contributed by atoms with E-state index < -0.39 is 0 Å². The molecule has 10 heavy (non-hydrogen) atoms. The lowest BCUT2D eigenvalue weighted by Crippen LogP contribution is -2.26. The van der Waals surface area contributed by atoms with Crippen LogP contribution in [0.15, 0.2) is 0 Å². The fourth-order valence-electron chi connectivity index (χ4n) is 1.85. The molecule has 2 aliphatic heterocycles. The van der Waals surface area contributed by atoms with Crippen molar-refractivity contribution in [2.45, 2.75) is 12.8 Å². The molecule has 3 heteroatoms. The van der Waals surface area contributed by atoms with Crippen LogP contribution in [0.3, 0.4) is 0 Å². The molecule has 0 bridgehead atoms. The highest BCUT2D eigenvalue weighted by Gasteiger charge is 2.40. The van der Waals surface area contributed by atoms with Crippen LogP contribution in [0.4, 0.5) is 0 Å². The van der Waals surface area contributed by atoms with Crippen LogP contribution in [0.1, 0.15) is 12.8 Å². The Kier molecular flexibility index (Phi) is 1.20. The monoisotopic (exact) mass is 140 g/mol. The van der Waals surface area contributed by atoms with Crippen molar-refractivity contribution >= 4 is 5.91 Å². The second kappa shape index (κ2) is 1.95. The molecule has 1 atom stereocenters. The van der Waals surface area contributed by atoms with Crippen molar-refractivity contribution in [2.75, 3.05) is 19.6 Å². The highest BCUT2D eigenvalue weighted by molar-refractivity contribution is 5.79. The molecule has 2 saturated heterocycles. The van der Waals surface area contributed by atoms with E-state index in [-0.39, 0.29) is 11.3 Å². The molecule has 2 aliphatic rings. The van der Waals surface area contributed by atoms with Crippen molar-refractivity contribution in [3.63, 3.8) is 0 Å². The van der Waals surface area contributed by atoms with E-state index in [4.69, 9.17) is 0 Å². The maximum atomic E-state index is 10.9. The van der Waals surface area contributed by atoms with Gasteiger partial charge in [-0.3, -0.25) is 4.79 Å². The van der Waals surface area contributed by atoms with Gasteiger partial charge in [0.2, 0.25) is 5.91 Å². The highest BCUT2D eigenvalue weighted by Crippen LogP contribution is 2.31. The molecule has 2 fully saturated rings. The molecule has 2 heterocycles. The summed E-state index contributed by atoms with van der Waals surface area (Å²) >= 11 is 0. The smallest absolute Gasteiger partial charge is 0.220 e. The van der Waals surface area contributed by atoms with E-state index >= 15 is 0 Å². The van der Waals surface area contributed by atoms with Crippen molar-refractivity contribution < 1.29 is 4.79 Å². The van der Waals surface area contributed by atoms with Crippen molar-refractivity contribution in [2.24, 2.45) is 5.41 Å². The molecule has 2 N–H and O–H groups in total. The quantitative estimate of drug-likeness (QED) is 0.475. The van der Waals surface area contributed by atoms with Gasteiger partial charge in [-0.25, -0.2) is 0 Å². The Morgan fingerprint density at radius 2 is 2.30 bits per heavy atom. The highest BCUT2D eigenvalue weighted by atomic mass is 16.1. The number of nitrogens with one attached hydrogen (secondary N) is 2. The van der Waals surface area contributed by atoms with Gasteiger partial charge in [0.1, 0.15) is 0 Å². The molecule has 56 valence electrons. The molecule has 0 saturated carbocycles. The molecule has 3 nitrogen and oxygen atoms in total. The number of hydrogen-bond donors (Lipinski definition) is 2. The Labute approximate surface area is 60.2 Å². The van der Waals surface area contributed by atoms with Crippen molar-refractivity contribution in [3.05, 3.63) is 0 Å². The molecule has 1 spiro atoms. The van der Waals surface area contributed by atoms with Gasteiger partial charge in [0.15, 0.2) is 0 Å². The number of amides is 1. The molecule has 0 unspecified atom stereocenters. The number of hydrogen-bond acceptors (Lipinski definition) is 2. The van der Waals surface area contributed by atoms with Gasteiger partial charge in [-0.2, -0.15) is 0 Å². The van der Waals surface area contributed by atoms with Crippen LogP contribution in [-0.2, 0) is 4.79 Å². The molecule has 2 rings (SSSR count). The first kappa shape index (κ1) is 6.16. The first-order chi connectivity index (χ1) is 4.81. The predicted molar refractivity (Wildman–Crippen MR) is 37.5 cm³/mol. The normalized spacial score (nSPS) is 39.0. The summed E-state index contributed by atoms with van der Waals surface area (Å²) in [5, 5.41) is 6.16. The van der Waals surface area contributed by atoms with Crippen molar-refractivity contribution in [1.82, 2.24) is 10.6 Å². The first-order valence-electron chi connectivity index (χ1n) is 3.78. The van der Waals surface area contributed by atoms with Crippen LogP contribution in [-0.4, -0.2) is 25.5 Å². The minimum absolute atomic E-state index is 0.226. The van der Waals surface area contributed by atoms with Gasteiger partial charge in [0.05, 0.1) is 0 Å². The SMILES string of the molecule is O=C1C[C@@]2(CCNC2)CN1. The maximum absolute atomic E-state index is 10.9. The van der Waals surface area contributed by atoms with Gasteiger partial charge in [-0.05, 0) is 13.0 Å². The Morgan fingerprint density at radius 3 is 2.80 bits per heavy atom. The molecule has 0 aromatic carbocycles. The molecule has 0 aliphatic carbocycles. The molecule has 0 aromatic heterocycles. The van der Waals surface area contributed by atoms with E-state index in [1.54, 1.807) is 0 Å². The van der Waals surface area contributed by atoms with Gasteiger partial charge in [-0.1, -0.05) is 0 Å². The van der Waals surface area contributed by atoms with Gasteiger partial charge < -0.3 is 10.6 Å². The number of rotatable bonds is 0. The van der Waals surface area contributed by atoms with E-state index in [0.717, 1.165) is 32.5 Å². The predicted octanol–water partition coefficient (Wildman–Crippen LogP) is -0.514. The summed E-state index contributed by atoms with van der Waals surface area (Å²) < 4.78 is 0. The van der Waals surface area contributed by atoms with Crippen LogP contribution in [0.5, 0.6) is 0 Å². The summed E-state index contributed by atoms with van der Waals surface area (Å²) in [4.78, 5) is 10.9.